The molecule has 7 heteroatoms. The molecule has 0 aliphatic heterocycles. The number of ether oxygens (including phenoxy) is 1. The number of benzene rings is 2. The molecular formula is C24H31NO5S. The van der Waals surface area contributed by atoms with Crippen molar-refractivity contribution in [3.8, 4) is 5.75 Å². The number of hydrogen-bond acceptors (Lipinski definition) is 4. The van der Waals surface area contributed by atoms with Crippen molar-refractivity contribution in [2.24, 2.45) is 5.92 Å². The topological polar surface area (TPSA) is 83.9 Å². The van der Waals surface area contributed by atoms with Crippen LogP contribution in [0.3, 0.4) is 0 Å². The average Bonchev–Trinajstić information content (AvgIpc) is 3.20. The maximum Gasteiger partial charge on any atom is 0.335 e. The van der Waals surface area contributed by atoms with Crippen molar-refractivity contribution in [3.05, 3.63) is 59.2 Å². The fourth-order valence-electron chi connectivity index (χ4n) is 4.13. The molecule has 0 aromatic heterocycles. The molecule has 1 aliphatic rings. The first kappa shape index (κ1) is 23.1. The Balaban J connectivity index is 1.86. The van der Waals surface area contributed by atoms with Gasteiger partial charge in [-0.05, 0) is 74.9 Å². The minimum atomic E-state index is -3.50. The van der Waals surface area contributed by atoms with Crippen LogP contribution in [0.2, 0.25) is 0 Å². The summed E-state index contributed by atoms with van der Waals surface area (Å²) < 4.78 is 34.3. The van der Waals surface area contributed by atoms with Crippen LogP contribution in [-0.2, 0) is 16.6 Å². The van der Waals surface area contributed by atoms with Crippen LogP contribution in [0.25, 0.3) is 0 Å². The molecule has 6 nitrogen and oxygen atoms in total. The molecule has 0 spiro atoms. The lowest BCUT2D eigenvalue weighted by Gasteiger charge is -2.31. The van der Waals surface area contributed by atoms with Gasteiger partial charge in [0.1, 0.15) is 12.4 Å². The summed E-state index contributed by atoms with van der Waals surface area (Å²) in [5.74, 6) is -0.0943. The number of carboxylic acid groups (broad SMARTS) is 1. The standard InChI is InChI=1S/C24H31NO5S/c1-17(2)25(31(28,29)16-20-6-4-5-7-20)22-13-8-18(3)14-23(22)30-15-19-9-11-21(12-10-19)24(26)27/h8-14,17,20H,4-7,15-16H2,1-3H3,(H,26,27). The van der Waals surface area contributed by atoms with Gasteiger partial charge in [-0.1, -0.05) is 31.0 Å². The molecule has 0 bridgehead atoms. The van der Waals surface area contributed by atoms with E-state index in [1.54, 1.807) is 12.1 Å². The van der Waals surface area contributed by atoms with Gasteiger partial charge in [0.05, 0.1) is 17.0 Å². The minimum Gasteiger partial charge on any atom is -0.487 e. The van der Waals surface area contributed by atoms with Crippen molar-refractivity contribution >= 4 is 21.7 Å². The predicted molar refractivity (Wildman–Crippen MR) is 122 cm³/mol. The van der Waals surface area contributed by atoms with Crippen LogP contribution in [0.4, 0.5) is 5.69 Å². The quantitative estimate of drug-likeness (QED) is 0.587. The van der Waals surface area contributed by atoms with Crippen molar-refractivity contribution < 1.29 is 23.1 Å². The largest absolute Gasteiger partial charge is 0.487 e. The fourth-order valence-corrected chi connectivity index (χ4v) is 6.31. The van der Waals surface area contributed by atoms with Crippen LogP contribution in [-0.4, -0.2) is 31.3 Å². The highest BCUT2D eigenvalue weighted by atomic mass is 32.2. The monoisotopic (exact) mass is 445 g/mol. The first-order valence-corrected chi connectivity index (χ1v) is 12.4. The zero-order chi connectivity index (χ0) is 22.6. The molecule has 2 aromatic carbocycles. The fraction of sp³-hybridized carbons (Fsp3) is 0.458. The maximum atomic E-state index is 13.4. The van der Waals surface area contributed by atoms with Crippen LogP contribution in [0.15, 0.2) is 42.5 Å². The third kappa shape index (κ3) is 5.79. The van der Waals surface area contributed by atoms with Gasteiger partial charge < -0.3 is 9.84 Å². The number of aromatic carboxylic acids is 1. The zero-order valence-electron chi connectivity index (χ0n) is 18.4. The van der Waals surface area contributed by atoms with E-state index in [2.05, 4.69) is 0 Å². The van der Waals surface area contributed by atoms with E-state index < -0.39 is 16.0 Å². The Kier molecular flexibility index (Phi) is 7.26. The Morgan fingerprint density at radius 2 is 1.77 bits per heavy atom. The van der Waals surface area contributed by atoms with E-state index in [1.165, 1.54) is 16.4 Å². The van der Waals surface area contributed by atoms with Gasteiger partial charge in [-0.2, -0.15) is 0 Å². The molecule has 0 amide bonds. The van der Waals surface area contributed by atoms with Crippen molar-refractivity contribution in [3.63, 3.8) is 0 Å². The third-order valence-electron chi connectivity index (χ3n) is 5.64. The van der Waals surface area contributed by atoms with Gasteiger partial charge in [0.25, 0.3) is 0 Å². The molecule has 31 heavy (non-hydrogen) atoms. The van der Waals surface area contributed by atoms with E-state index in [0.29, 0.717) is 11.4 Å². The Morgan fingerprint density at radius 3 is 2.35 bits per heavy atom. The highest BCUT2D eigenvalue weighted by molar-refractivity contribution is 7.92. The summed E-state index contributed by atoms with van der Waals surface area (Å²) in [6.45, 7) is 5.90. The molecule has 0 atom stereocenters. The van der Waals surface area contributed by atoms with E-state index in [9.17, 15) is 13.2 Å². The van der Waals surface area contributed by atoms with Crippen LogP contribution >= 0.6 is 0 Å². The Hall–Kier alpha value is -2.54. The van der Waals surface area contributed by atoms with Crippen LogP contribution in [0.5, 0.6) is 5.75 Å². The molecule has 1 N–H and O–H groups in total. The Bertz CT molecular complexity index is 1010. The molecule has 3 rings (SSSR count). The van der Waals surface area contributed by atoms with Crippen molar-refractivity contribution in [2.45, 2.75) is 59.1 Å². The van der Waals surface area contributed by atoms with Gasteiger partial charge >= 0.3 is 5.97 Å². The second kappa shape index (κ2) is 9.73. The van der Waals surface area contributed by atoms with Crippen LogP contribution < -0.4 is 9.04 Å². The van der Waals surface area contributed by atoms with Crippen LogP contribution in [0.1, 0.15) is 61.0 Å². The van der Waals surface area contributed by atoms with Gasteiger partial charge in [0.2, 0.25) is 10.0 Å². The number of carboxylic acids is 1. The summed E-state index contributed by atoms with van der Waals surface area (Å²) >= 11 is 0. The molecular weight excluding hydrogens is 414 g/mol. The number of hydrogen-bond donors (Lipinski definition) is 1. The first-order valence-electron chi connectivity index (χ1n) is 10.7. The zero-order valence-corrected chi connectivity index (χ0v) is 19.2. The Labute approximate surface area is 184 Å². The second-order valence-corrected chi connectivity index (χ2v) is 10.5. The SMILES string of the molecule is Cc1ccc(N(C(C)C)S(=O)(=O)CC2CCCC2)c(OCc2ccc(C(=O)O)cc2)c1. The summed E-state index contributed by atoms with van der Waals surface area (Å²) in [7, 11) is -3.50. The molecule has 0 radical (unpaired) electrons. The summed E-state index contributed by atoms with van der Waals surface area (Å²) in [6.07, 6.45) is 4.13. The van der Waals surface area contributed by atoms with Crippen molar-refractivity contribution in [1.29, 1.82) is 0 Å². The molecule has 2 aromatic rings. The highest BCUT2D eigenvalue weighted by Crippen LogP contribution is 2.35. The highest BCUT2D eigenvalue weighted by Gasteiger charge is 2.31. The summed E-state index contributed by atoms with van der Waals surface area (Å²) in [5, 5.41) is 9.05. The van der Waals surface area contributed by atoms with Crippen molar-refractivity contribution in [2.75, 3.05) is 10.1 Å². The van der Waals surface area contributed by atoms with E-state index >= 15 is 0 Å². The Morgan fingerprint density at radius 1 is 1.13 bits per heavy atom. The smallest absolute Gasteiger partial charge is 0.335 e. The minimum absolute atomic E-state index is 0.162. The van der Waals surface area contributed by atoms with E-state index in [4.69, 9.17) is 9.84 Å². The lowest BCUT2D eigenvalue weighted by Crippen LogP contribution is -2.40. The number of carbonyl (C=O) groups is 1. The van der Waals surface area contributed by atoms with Crippen LogP contribution in [0, 0.1) is 12.8 Å². The van der Waals surface area contributed by atoms with E-state index in [-0.39, 0.29) is 29.9 Å². The lowest BCUT2D eigenvalue weighted by molar-refractivity contribution is 0.0697. The van der Waals surface area contributed by atoms with Gasteiger partial charge in [0, 0.05) is 6.04 Å². The predicted octanol–water partition coefficient (Wildman–Crippen LogP) is 5.01. The van der Waals surface area contributed by atoms with E-state index in [1.807, 2.05) is 39.0 Å². The molecule has 1 fully saturated rings. The van der Waals surface area contributed by atoms with Gasteiger partial charge in [-0.25, -0.2) is 13.2 Å². The molecule has 0 unspecified atom stereocenters. The van der Waals surface area contributed by atoms with Crippen molar-refractivity contribution in [1.82, 2.24) is 0 Å². The molecule has 1 aliphatic carbocycles. The normalized spacial score (nSPS) is 14.7. The van der Waals surface area contributed by atoms with Gasteiger partial charge in [-0.3, -0.25) is 4.31 Å². The second-order valence-electron chi connectivity index (χ2n) is 8.58. The molecule has 168 valence electrons. The number of sulfonamides is 1. The molecule has 0 saturated heterocycles. The number of rotatable bonds is 9. The van der Waals surface area contributed by atoms with Gasteiger partial charge in [0.15, 0.2) is 0 Å². The lowest BCUT2D eigenvalue weighted by atomic mass is 10.1. The first-order chi connectivity index (χ1) is 14.7. The van der Waals surface area contributed by atoms with Gasteiger partial charge in [-0.15, -0.1) is 0 Å². The maximum absolute atomic E-state index is 13.4. The number of anilines is 1. The summed E-state index contributed by atoms with van der Waals surface area (Å²) in [4.78, 5) is 11.0. The summed E-state index contributed by atoms with van der Waals surface area (Å²) in [5.41, 5.74) is 2.53. The van der Waals surface area contributed by atoms with E-state index in [0.717, 1.165) is 36.8 Å². The summed E-state index contributed by atoms with van der Waals surface area (Å²) in [6, 6.07) is 11.8. The number of aryl methyl sites for hydroxylation is 1. The number of nitrogens with zero attached hydrogens (tertiary/aromatic N) is 1. The average molecular weight is 446 g/mol. The third-order valence-corrected chi connectivity index (χ3v) is 7.75. The molecule has 0 heterocycles. The molecule has 1 saturated carbocycles.